The molecule has 4 saturated carbocycles. The summed E-state index contributed by atoms with van der Waals surface area (Å²) in [7, 11) is 0. The zero-order valence-corrected chi connectivity index (χ0v) is 17.6. The fourth-order valence-electron chi connectivity index (χ4n) is 8.55. The van der Waals surface area contributed by atoms with Gasteiger partial charge in [-0.15, -0.1) is 0 Å². The van der Waals surface area contributed by atoms with Crippen LogP contribution >= 0.6 is 0 Å². The smallest absolute Gasteiger partial charge is 0.0880 e. The molecule has 4 aliphatic carbocycles. The van der Waals surface area contributed by atoms with Crippen LogP contribution in [0.15, 0.2) is 11.8 Å². The quantitative estimate of drug-likeness (QED) is 0.511. The van der Waals surface area contributed by atoms with E-state index in [0.717, 1.165) is 36.0 Å². The molecule has 26 heavy (non-hydrogen) atoms. The van der Waals surface area contributed by atoms with Gasteiger partial charge in [-0.2, -0.15) is 0 Å². The predicted octanol–water partition coefficient (Wildman–Crippen LogP) is 7.67. The molecule has 0 saturated heterocycles. The number of hydrogen-bond donors (Lipinski definition) is 1. The first-order valence-corrected chi connectivity index (χ1v) is 11.8. The molecule has 6 unspecified atom stereocenters. The van der Waals surface area contributed by atoms with Crippen molar-refractivity contribution in [3.8, 4) is 0 Å². The minimum absolute atomic E-state index is 0.594. The van der Waals surface area contributed by atoms with Crippen molar-refractivity contribution in [1.29, 1.82) is 0 Å². The number of aliphatic hydroxyl groups is 1. The fraction of sp³-hybridized carbons (Fsp3) is 0.920. The Morgan fingerprint density at radius 1 is 0.923 bits per heavy atom. The number of allylic oxidation sites excluding steroid dienone is 2. The van der Waals surface area contributed by atoms with Crippen LogP contribution in [0.1, 0.15) is 104 Å². The molecule has 148 valence electrons. The van der Waals surface area contributed by atoms with E-state index in [4.69, 9.17) is 0 Å². The summed E-state index contributed by atoms with van der Waals surface area (Å²) in [6.45, 7) is 7.31. The molecule has 0 aliphatic heterocycles. The van der Waals surface area contributed by atoms with E-state index < -0.39 is 0 Å². The van der Waals surface area contributed by atoms with Crippen molar-refractivity contribution in [3.05, 3.63) is 11.8 Å². The third kappa shape index (κ3) is 2.96. The Balaban J connectivity index is 1.46. The van der Waals surface area contributed by atoms with Crippen LogP contribution < -0.4 is 0 Å². The standard InChI is InChI=1S/C25H42O/c1-4-20(26)10-7-9-19-12-14-22-21-13-11-18-8-5-6-16-24(18,2)23(21)15-17-25(19,22)3/h4,18-19,21-23,26H,5-17H2,1-3H3/b20-4+/t18?,19-,21?,22?,23?,24?,25?/m0/s1. The molecule has 0 aromatic rings. The van der Waals surface area contributed by atoms with Crippen molar-refractivity contribution in [2.75, 3.05) is 0 Å². The van der Waals surface area contributed by atoms with Gasteiger partial charge in [-0.05, 0) is 118 Å². The molecule has 0 bridgehead atoms. The van der Waals surface area contributed by atoms with Crippen molar-refractivity contribution in [1.82, 2.24) is 0 Å². The van der Waals surface area contributed by atoms with Crippen LogP contribution in [0.5, 0.6) is 0 Å². The van der Waals surface area contributed by atoms with Crippen molar-refractivity contribution < 1.29 is 5.11 Å². The molecular formula is C25H42O. The Bertz CT molecular complexity index is 536. The highest BCUT2D eigenvalue weighted by Gasteiger charge is 2.59. The van der Waals surface area contributed by atoms with Crippen LogP contribution in [-0.2, 0) is 0 Å². The van der Waals surface area contributed by atoms with Gasteiger partial charge >= 0.3 is 0 Å². The molecule has 1 N–H and O–H groups in total. The lowest BCUT2D eigenvalue weighted by atomic mass is 9.45. The van der Waals surface area contributed by atoms with Crippen LogP contribution in [0.3, 0.4) is 0 Å². The van der Waals surface area contributed by atoms with E-state index in [2.05, 4.69) is 13.8 Å². The Morgan fingerprint density at radius 2 is 1.73 bits per heavy atom. The van der Waals surface area contributed by atoms with E-state index in [-0.39, 0.29) is 0 Å². The molecular weight excluding hydrogens is 316 g/mol. The zero-order chi connectivity index (χ0) is 18.4. The average molecular weight is 359 g/mol. The van der Waals surface area contributed by atoms with Crippen LogP contribution in [-0.4, -0.2) is 5.11 Å². The Hall–Kier alpha value is -0.460. The van der Waals surface area contributed by atoms with Gasteiger partial charge in [0.2, 0.25) is 0 Å². The van der Waals surface area contributed by atoms with Gasteiger partial charge in [-0.3, -0.25) is 0 Å². The number of fused-ring (bicyclic) bond motifs is 5. The lowest BCUT2D eigenvalue weighted by Gasteiger charge is -2.60. The van der Waals surface area contributed by atoms with Crippen LogP contribution in [0, 0.1) is 40.4 Å². The van der Waals surface area contributed by atoms with Crippen molar-refractivity contribution in [3.63, 3.8) is 0 Å². The molecule has 0 spiro atoms. The van der Waals surface area contributed by atoms with E-state index in [9.17, 15) is 5.11 Å². The molecule has 4 fully saturated rings. The summed E-state index contributed by atoms with van der Waals surface area (Å²) >= 11 is 0. The minimum Gasteiger partial charge on any atom is -0.513 e. The predicted molar refractivity (Wildman–Crippen MR) is 110 cm³/mol. The van der Waals surface area contributed by atoms with Crippen LogP contribution in [0.25, 0.3) is 0 Å². The SMILES string of the molecule is C/C=C(/O)CCC[C@H]1CCC2C3CCC4CCCCC4(C)C3CCC21C. The summed E-state index contributed by atoms with van der Waals surface area (Å²) in [6, 6.07) is 0. The maximum absolute atomic E-state index is 9.78. The second-order valence-corrected chi connectivity index (χ2v) is 10.9. The maximum atomic E-state index is 9.78. The second kappa shape index (κ2) is 7.17. The Morgan fingerprint density at radius 3 is 2.54 bits per heavy atom. The first-order chi connectivity index (χ1) is 12.5. The monoisotopic (exact) mass is 358 g/mol. The number of aliphatic hydroxyl groups excluding tert-OH is 1. The largest absolute Gasteiger partial charge is 0.513 e. The van der Waals surface area contributed by atoms with Crippen molar-refractivity contribution in [2.24, 2.45) is 40.4 Å². The van der Waals surface area contributed by atoms with E-state index >= 15 is 0 Å². The average Bonchev–Trinajstić information content (AvgIpc) is 2.97. The first kappa shape index (κ1) is 18.9. The molecule has 0 aromatic carbocycles. The van der Waals surface area contributed by atoms with Crippen LogP contribution in [0.2, 0.25) is 0 Å². The summed E-state index contributed by atoms with van der Waals surface area (Å²) in [4.78, 5) is 0. The van der Waals surface area contributed by atoms with E-state index in [1.54, 1.807) is 0 Å². The van der Waals surface area contributed by atoms with Gasteiger partial charge in [0, 0.05) is 6.42 Å². The molecule has 4 rings (SSSR count). The molecule has 0 amide bonds. The van der Waals surface area contributed by atoms with Gasteiger partial charge < -0.3 is 5.11 Å². The summed E-state index contributed by atoms with van der Waals surface area (Å²) in [5.41, 5.74) is 1.28. The summed E-state index contributed by atoms with van der Waals surface area (Å²) in [5, 5.41) is 9.78. The maximum Gasteiger partial charge on any atom is 0.0880 e. The molecule has 1 heteroatoms. The van der Waals surface area contributed by atoms with E-state index in [1.165, 1.54) is 77.0 Å². The van der Waals surface area contributed by atoms with Gasteiger partial charge in [-0.1, -0.05) is 26.7 Å². The number of hydrogen-bond acceptors (Lipinski definition) is 1. The third-order valence-electron chi connectivity index (χ3n) is 10.1. The van der Waals surface area contributed by atoms with Gasteiger partial charge in [0.05, 0.1) is 5.76 Å². The molecule has 0 radical (unpaired) electrons. The second-order valence-electron chi connectivity index (χ2n) is 10.9. The van der Waals surface area contributed by atoms with Crippen molar-refractivity contribution >= 4 is 0 Å². The lowest BCUT2D eigenvalue weighted by molar-refractivity contribution is -0.111. The molecule has 4 aliphatic rings. The molecule has 7 atom stereocenters. The highest BCUT2D eigenvalue weighted by Crippen LogP contribution is 2.67. The first-order valence-electron chi connectivity index (χ1n) is 11.8. The fourth-order valence-corrected chi connectivity index (χ4v) is 8.55. The topological polar surface area (TPSA) is 20.2 Å². The lowest BCUT2D eigenvalue weighted by Crippen LogP contribution is -2.52. The molecule has 0 aromatic heterocycles. The third-order valence-corrected chi connectivity index (χ3v) is 10.1. The summed E-state index contributed by atoms with van der Waals surface area (Å²) in [6.07, 6.45) is 20.3. The number of rotatable bonds is 4. The summed E-state index contributed by atoms with van der Waals surface area (Å²) in [5.74, 6) is 5.61. The van der Waals surface area contributed by atoms with Crippen LogP contribution in [0.4, 0.5) is 0 Å². The Labute approximate surface area is 162 Å². The van der Waals surface area contributed by atoms with Gasteiger partial charge in [0.15, 0.2) is 0 Å². The van der Waals surface area contributed by atoms with Gasteiger partial charge in [0.1, 0.15) is 0 Å². The normalized spacial score (nSPS) is 48.6. The van der Waals surface area contributed by atoms with Crippen molar-refractivity contribution in [2.45, 2.75) is 104 Å². The highest BCUT2D eigenvalue weighted by molar-refractivity contribution is 5.08. The minimum atomic E-state index is 0.594. The highest BCUT2D eigenvalue weighted by atomic mass is 16.3. The van der Waals surface area contributed by atoms with Gasteiger partial charge in [0.25, 0.3) is 0 Å². The Kier molecular flexibility index (Phi) is 5.21. The van der Waals surface area contributed by atoms with E-state index in [1.807, 2.05) is 13.0 Å². The van der Waals surface area contributed by atoms with Gasteiger partial charge in [-0.25, -0.2) is 0 Å². The molecule has 0 heterocycles. The zero-order valence-electron chi connectivity index (χ0n) is 17.6. The summed E-state index contributed by atoms with van der Waals surface area (Å²) < 4.78 is 0. The molecule has 1 nitrogen and oxygen atoms in total. The van der Waals surface area contributed by atoms with E-state index in [0.29, 0.717) is 16.6 Å².